The van der Waals surface area contributed by atoms with E-state index in [-0.39, 0.29) is 11.4 Å². The number of rotatable bonds is 5. The molecule has 19 heavy (non-hydrogen) atoms. The van der Waals surface area contributed by atoms with Crippen molar-refractivity contribution in [3.63, 3.8) is 0 Å². The molecule has 1 rings (SSSR count). The number of amides is 1. The molecule has 0 spiro atoms. The quantitative estimate of drug-likeness (QED) is 0.676. The molecule has 1 aromatic carbocycles. The molecule has 0 saturated heterocycles. The van der Waals surface area contributed by atoms with Crippen molar-refractivity contribution < 1.29 is 17.9 Å². The second-order valence-electron chi connectivity index (χ2n) is 3.97. The van der Waals surface area contributed by atoms with Crippen LogP contribution >= 0.6 is 0 Å². The summed E-state index contributed by atoms with van der Waals surface area (Å²) >= 11 is 0. The lowest BCUT2D eigenvalue weighted by Crippen LogP contribution is -2.35. The third-order valence-electron chi connectivity index (χ3n) is 2.55. The zero-order chi connectivity index (χ0) is 14.6. The lowest BCUT2D eigenvalue weighted by molar-refractivity contribution is -0.125. The number of sulfonamides is 1. The van der Waals surface area contributed by atoms with Gasteiger partial charge in [-0.05, 0) is 24.6 Å². The van der Waals surface area contributed by atoms with Crippen LogP contribution in [0.15, 0.2) is 23.1 Å². The standard InChI is InChI=1S/C11H17N3O4S/c1-7-3-4-8(5-10(7)19(13,16)17)14-11(15)9(6-12)18-2/h3-5,9H,6,12H2,1-2H3,(H,14,15)(H2,13,16,17). The SMILES string of the molecule is COC(CN)C(=O)Nc1ccc(C)c(S(N)(=O)=O)c1. The summed E-state index contributed by atoms with van der Waals surface area (Å²) in [6, 6.07) is 4.43. The van der Waals surface area contributed by atoms with Gasteiger partial charge in [-0.3, -0.25) is 4.79 Å². The van der Waals surface area contributed by atoms with Gasteiger partial charge in [0.25, 0.3) is 5.91 Å². The number of nitrogens with one attached hydrogen (secondary N) is 1. The highest BCUT2D eigenvalue weighted by molar-refractivity contribution is 7.89. The number of primary sulfonamides is 1. The van der Waals surface area contributed by atoms with E-state index in [0.29, 0.717) is 11.3 Å². The monoisotopic (exact) mass is 287 g/mol. The van der Waals surface area contributed by atoms with Crippen molar-refractivity contribution in [3.8, 4) is 0 Å². The predicted octanol–water partition coefficient (Wildman–Crippen LogP) is -0.445. The molecule has 1 aromatic rings. The van der Waals surface area contributed by atoms with Crippen LogP contribution in [0.1, 0.15) is 5.56 Å². The van der Waals surface area contributed by atoms with Crippen LogP contribution < -0.4 is 16.2 Å². The van der Waals surface area contributed by atoms with Crippen LogP contribution in [0.4, 0.5) is 5.69 Å². The molecule has 0 aliphatic carbocycles. The van der Waals surface area contributed by atoms with Gasteiger partial charge in [-0.1, -0.05) is 6.07 Å². The molecular weight excluding hydrogens is 270 g/mol. The first-order valence-electron chi connectivity index (χ1n) is 5.46. The number of carbonyl (C=O) groups excluding carboxylic acids is 1. The Labute approximate surface area is 112 Å². The Morgan fingerprint density at radius 1 is 1.47 bits per heavy atom. The average Bonchev–Trinajstić information content (AvgIpc) is 2.31. The second kappa shape index (κ2) is 6.11. The van der Waals surface area contributed by atoms with E-state index in [9.17, 15) is 13.2 Å². The molecule has 8 heteroatoms. The summed E-state index contributed by atoms with van der Waals surface area (Å²) in [7, 11) is -2.47. The first-order chi connectivity index (χ1) is 8.79. The van der Waals surface area contributed by atoms with Gasteiger partial charge in [0.1, 0.15) is 6.10 Å². The molecule has 5 N–H and O–H groups in total. The number of anilines is 1. The van der Waals surface area contributed by atoms with Crippen LogP contribution in [0.2, 0.25) is 0 Å². The average molecular weight is 287 g/mol. The van der Waals surface area contributed by atoms with E-state index < -0.39 is 22.0 Å². The Morgan fingerprint density at radius 2 is 2.11 bits per heavy atom. The Morgan fingerprint density at radius 3 is 2.58 bits per heavy atom. The summed E-state index contributed by atoms with van der Waals surface area (Å²) in [5, 5.41) is 7.60. The third-order valence-corrected chi connectivity index (χ3v) is 3.61. The molecular formula is C11H17N3O4S. The minimum absolute atomic E-state index is 0.0240. The van der Waals surface area contributed by atoms with Crippen LogP contribution in [-0.4, -0.2) is 34.1 Å². The van der Waals surface area contributed by atoms with Gasteiger partial charge in [0.05, 0.1) is 4.90 Å². The molecule has 106 valence electrons. The number of aryl methyl sites for hydroxylation is 1. The van der Waals surface area contributed by atoms with Gasteiger partial charge in [-0.15, -0.1) is 0 Å². The Balaban J connectivity index is 3.01. The summed E-state index contributed by atoms with van der Waals surface area (Å²) in [4.78, 5) is 11.7. The largest absolute Gasteiger partial charge is 0.370 e. The number of hydrogen-bond donors (Lipinski definition) is 3. The van der Waals surface area contributed by atoms with E-state index in [1.807, 2.05) is 0 Å². The van der Waals surface area contributed by atoms with Gasteiger partial charge in [0.15, 0.2) is 0 Å². The minimum atomic E-state index is -3.83. The number of methoxy groups -OCH3 is 1. The van der Waals surface area contributed by atoms with Crippen molar-refractivity contribution in [1.82, 2.24) is 0 Å². The van der Waals surface area contributed by atoms with Crippen molar-refractivity contribution in [2.45, 2.75) is 17.9 Å². The van der Waals surface area contributed by atoms with Crippen molar-refractivity contribution in [2.24, 2.45) is 10.9 Å². The first kappa shape index (κ1) is 15.6. The molecule has 1 atom stereocenters. The fourth-order valence-corrected chi connectivity index (χ4v) is 2.33. The molecule has 7 nitrogen and oxygen atoms in total. The van der Waals surface area contributed by atoms with Crippen LogP contribution in [0, 0.1) is 6.92 Å². The molecule has 0 saturated carbocycles. The Kier molecular flexibility index (Phi) is 5.01. The fraction of sp³-hybridized carbons (Fsp3) is 0.364. The number of nitrogens with two attached hydrogens (primary N) is 2. The minimum Gasteiger partial charge on any atom is -0.370 e. The molecule has 0 heterocycles. The normalized spacial score (nSPS) is 13.1. The van der Waals surface area contributed by atoms with E-state index in [1.165, 1.54) is 13.2 Å². The van der Waals surface area contributed by atoms with E-state index in [4.69, 9.17) is 15.6 Å². The van der Waals surface area contributed by atoms with Gasteiger partial charge in [0, 0.05) is 19.3 Å². The van der Waals surface area contributed by atoms with E-state index in [2.05, 4.69) is 5.32 Å². The molecule has 1 unspecified atom stereocenters. The van der Waals surface area contributed by atoms with E-state index >= 15 is 0 Å². The van der Waals surface area contributed by atoms with Gasteiger partial charge < -0.3 is 15.8 Å². The molecule has 0 aromatic heterocycles. The first-order valence-corrected chi connectivity index (χ1v) is 7.01. The van der Waals surface area contributed by atoms with Gasteiger partial charge >= 0.3 is 0 Å². The van der Waals surface area contributed by atoms with Gasteiger partial charge in [0.2, 0.25) is 10.0 Å². The summed E-state index contributed by atoms with van der Waals surface area (Å²) in [5.74, 6) is -0.450. The number of hydrogen-bond acceptors (Lipinski definition) is 5. The summed E-state index contributed by atoms with van der Waals surface area (Å²) in [6.45, 7) is 1.64. The maximum Gasteiger partial charge on any atom is 0.254 e. The lowest BCUT2D eigenvalue weighted by atomic mass is 10.2. The summed E-state index contributed by atoms with van der Waals surface area (Å²) in [5.41, 5.74) is 6.18. The van der Waals surface area contributed by atoms with Crippen molar-refractivity contribution in [2.75, 3.05) is 19.0 Å². The highest BCUT2D eigenvalue weighted by Gasteiger charge is 2.17. The van der Waals surface area contributed by atoms with E-state index in [1.54, 1.807) is 19.1 Å². The summed E-state index contributed by atoms with van der Waals surface area (Å²) in [6.07, 6.45) is -0.792. The van der Waals surface area contributed by atoms with Crippen molar-refractivity contribution >= 4 is 21.6 Å². The molecule has 0 aliphatic heterocycles. The highest BCUT2D eigenvalue weighted by atomic mass is 32.2. The lowest BCUT2D eigenvalue weighted by Gasteiger charge is -2.14. The maximum absolute atomic E-state index is 11.7. The number of carbonyl (C=O) groups is 1. The van der Waals surface area contributed by atoms with Crippen LogP contribution in [-0.2, 0) is 19.6 Å². The Hall–Kier alpha value is -1.48. The topological polar surface area (TPSA) is 125 Å². The zero-order valence-electron chi connectivity index (χ0n) is 10.7. The van der Waals surface area contributed by atoms with Crippen molar-refractivity contribution in [3.05, 3.63) is 23.8 Å². The van der Waals surface area contributed by atoms with Crippen LogP contribution in [0.25, 0.3) is 0 Å². The maximum atomic E-state index is 11.7. The molecule has 0 fully saturated rings. The molecule has 0 radical (unpaired) electrons. The van der Waals surface area contributed by atoms with E-state index in [0.717, 1.165) is 0 Å². The molecule has 0 bridgehead atoms. The zero-order valence-corrected chi connectivity index (χ0v) is 11.5. The second-order valence-corrected chi connectivity index (χ2v) is 5.50. The summed E-state index contributed by atoms with van der Waals surface area (Å²) < 4.78 is 27.6. The highest BCUT2D eigenvalue weighted by Crippen LogP contribution is 2.19. The predicted molar refractivity (Wildman–Crippen MR) is 71.0 cm³/mol. The van der Waals surface area contributed by atoms with Gasteiger partial charge in [-0.2, -0.15) is 0 Å². The third kappa shape index (κ3) is 4.00. The molecule has 0 aliphatic rings. The number of benzene rings is 1. The van der Waals surface area contributed by atoms with Crippen LogP contribution in [0.3, 0.4) is 0 Å². The molecule has 1 amide bonds. The Bertz CT molecular complexity index is 567. The van der Waals surface area contributed by atoms with Crippen LogP contribution in [0.5, 0.6) is 0 Å². The number of ether oxygens (including phenoxy) is 1. The smallest absolute Gasteiger partial charge is 0.254 e. The fourth-order valence-electron chi connectivity index (χ4n) is 1.52. The van der Waals surface area contributed by atoms with Crippen molar-refractivity contribution in [1.29, 1.82) is 0 Å². The van der Waals surface area contributed by atoms with Gasteiger partial charge in [-0.25, -0.2) is 13.6 Å².